The van der Waals surface area contributed by atoms with Crippen LogP contribution in [0.15, 0.2) is 67.0 Å². The van der Waals surface area contributed by atoms with Crippen LogP contribution in [0.3, 0.4) is 0 Å². The van der Waals surface area contributed by atoms with Crippen molar-refractivity contribution < 1.29 is 28.9 Å². The maximum Gasteiger partial charge on any atom is 0.323 e. The topological polar surface area (TPSA) is 125 Å². The number of aliphatic hydroxyl groups is 1. The molecular weight excluding hydrogens is 573 g/mol. The predicted octanol–water partition coefficient (Wildman–Crippen LogP) is 5.90. The van der Waals surface area contributed by atoms with E-state index in [9.17, 15) is 20.3 Å². The van der Waals surface area contributed by atoms with Gasteiger partial charge in [-0.3, -0.25) is 15.1 Å². The van der Waals surface area contributed by atoms with Crippen molar-refractivity contribution in [2.45, 2.75) is 45.1 Å². The Morgan fingerprint density at radius 2 is 1.98 bits per heavy atom. The van der Waals surface area contributed by atoms with Gasteiger partial charge in [-0.25, -0.2) is 4.39 Å². The third kappa shape index (κ3) is 6.62. The molecular formula is C33H29ClFN3O5. The first-order chi connectivity index (χ1) is 20.8. The van der Waals surface area contributed by atoms with Crippen molar-refractivity contribution in [3.63, 3.8) is 0 Å². The average Bonchev–Trinajstić information content (AvgIpc) is 3.42. The molecule has 0 radical (unpaired) electrons. The van der Waals surface area contributed by atoms with Crippen LogP contribution in [-0.4, -0.2) is 33.8 Å². The first-order valence-corrected chi connectivity index (χ1v) is 14.1. The molecule has 0 spiro atoms. The number of aliphatic hydroxyl groups excluding tert-OH is 1. The summed E-state index contributed by atoms with van der Waals surface area (Å²) in [5, 5.41) is 31.0. The molecule has 220 valence electrons. The highest BCUT2D eigenvalue weighted by Gasteiger charge is 2.28. The molecule has 4 aromatic rings. The lowest BCUT2D eigenvalue weighted by molar-refractivity contribution is -0.140. The van der Waals surface area contributed by atoms with Crippen LogP contribution in [-0.2, 0) is 24.4 Å². The number of carbonyl (C=O) groups is 1. The largest absolute Gasteiger partial charge is 0.488 e. The summed E-state index contributed by atoms with van der Waals surface area (Å²) < 4.78 is 27.5. The van der Waals surface area contributed by atoms with Gasteiger partial charge in [-0.2, -0.15) is 5.26 Å². The summed E-state index contributed by atoms with van der Waals surface area (Å²) in [6, 6.07) is 17.0. The van der Waals surface area contributed by atoms with E-state index in [4.69, 9.17) is 21.1 Å². The van der Waals surface area contributed by atoms with E-state index in [1.54, 1.807) is 43.5 Å². The van der Waals surface area contributed by atoms with E-state index in [2.05, 4.69) is 10.3 Å². The minimum atomic E-state index is -1.19. The third-order valence-electron chi connectivity index (χ3n) is 7.42. The number of aryl methyl sites for hydroxylation is 1. The molecule has 1 aliphatic rings. The van der Waals surface area contributed by atoms with E-state index >= 15 is 4.39 Å². The number of fused-ring (bicyclic) bond motifs is 1. The first kappa shape index (κ1) is 30.0. The van der Waals surface area contributed by atoms with Gasteiger partial charge in [0.25, 0.3) is 0 Å². The Labute approximate surface area is 253 Å². The second kappa shape index (κ2) is 13.2. The van der Waals surface area contributed by atoms with E-state index in [0.717, 1.165) is 16.7 Å². The van der Waals surface area contributed by atoms with Crippen LogP contribution in [0.25, 0.3) is 11.1 Å². The molecule has 43 heavy (non-hydrogen) atoms. The SMILES string of the molecule is Cc1cccc(-c2cccc3c2CC[C@@H]3Oc2cc(OCc3cncc(C#N)c3)c(CN[C@@H](CO)C(=O)O)cc2Cl)c1F. The number of hydrogen-bond donors (Lipinski definition) is 3. The van der Waals surface area contributed by atoms with Gasteiger partial charge in [0.1, 0.15) is 42.1 Å². The number of nitrogens with zero attached hydrogens (tertiary/aromatic N) is 2. The number of hydrogen-bond acceptors (Lipinski definition) is 7. The van der Waals surface area contributed by atoms with Gasteiger partial charge in [0.05, 0.1) is 17.2 Å². The fraction of sp³-hybridized carbons (Fsp3) is 0.242. The van der Waals surface area contributed by atoms with Crippen molar-refractivity contribution in [1.82, 2.24) is 10.3 Å². The summed E-state index contributed by atoms with van der Waals surface area (Å²) in [5.41, 5.74) is 5.55. The van der Waals surface area contributed by atoms with Crippen LogP contribution in [0.2, 0.25) is 5.02 Å². The summed E-state index contributed by atoms with van der Waals surface area (Å²) in [5.74, 6) is -0.687. The number of halogens is 2. The Morgan fingerprint density at radius 1 is 1.19 bits per heavy atom. The van der Waals surface area contributed by atoms with Gasteiger partial charge in [-0.1, -0.05) is 48.0 Å². The van der Waals surface area contributed by atoms with Crippen LogP contribution in [0.5, 0.6) is 11.5 Å². The smallest absolute Gasteiger partial charge is 0.323 e. The number of pyridine rings is 1. The molecule has 0 saturated carbocycles. The maximum absolute atomic E-state index is 15.0. The van der Waals surface area contributed by atoms with E-state index in [1.165, 1.54) is 6.20 Å². The van der Waals surface area contributed by atoms with Gasteiger partial charge < -0.3 is 19.7 Å². The number of ether oxygens (including phenoxy) is 2. The molecule has 1 aliphatic carbocycles. The number of carboxylic acids is 1. The fourth-order valence-corrected chi connectivity index (χ4v) is 5.42. The molecule has 2 atom stereocenters. The Kier molecular flexibility index (Phi) is 9.22. The minimum absolute atomic E-state index is 0.0427. The Hall–Kier alpha value is -4.49. The van der Waals surface area contributed by atoms with Crippen LogP contribution >= 0.6 is 11.6 Å². The molecule has 0 saturated heterocycles. The van der Waals surface area contributed by atoms with Gasteiger partial charge >= 0.3 is 5.97 Å². The van der Waals surface area contributed by atoms with Crippen LogP contribution in [0.1, 0.15) is 45.9 Å². The lowest BCUT2D eigenvalue weighted by Crippen LogP contribution is -2.39. The third-order valence-corrected chi connectivity index (χ3v) is 7.72. The number of carboxylic acid groups (broad SMARTS) is 1. The Morgan fingerprint density at radius 3 is 2.74 bits per heavy atom. The van der Waals surface area contributed by atoms with E-state index in [1.807, 2.05) is 30.3 Å². The highest BCUT2D eigenvalue weighted by atomic mass is 35.5. The molecule has 1 heterocycles. The second-order valence-corrected chi connectivity index (χ2v) is 10.7. The average molecular weight is 602 g/mol. The lowest BCUT2D eigenvalue weighted by atomic mass is 9.95. The molecule has 3 aromatic carbocycles. The number of aromatic nitrogens is 1. The molecule has 8 nitrogen and oxygen atoms in total. The monoisotopic (exact) mass is 601 g/mol. The number of aliphatic carboxylic acids is 1. The standard InChI is InChI=1S/C33H29ClFN3O5/c1-19-4-2-7-26(32(19)35)23-5-3-6-25-24(23)8-9-29(25)43-31-12-30(42-18-21-10-20(13-36)14-37-15-21)22(11-27(31)34)16-38-28(17-39)33(40)41/h2-7,10-12,14-15,28-29,38-39H,8-9,16-18H2,1H3,(H,40,41)/t28-,29-/m0/s1. The molecule has 1 aromatic heterocycles. The van der Waals surface area contributed by atoms with E-state index in [-0.39, 0.29) is 25.1 Å². The molecule has 0 aliphatic heterocycles. The number of nitrogens with one attached hydrogen (secondary N) is 1. The summed E-state index contributed by atoms with van der Waals surface area (Å²) >= 11 is 6.67. The van der Waals surface area contributed by atoms with Crippen molar-refractivity contribution in [2.75, 3.05) is 6.61 Å². The van der Waals surface area contributed by atoms with Gasteiger partial charge in [0.15, 0.2) is 0 Å². The minimum Gasteiger partial charge on any atom is -0.488 e. The zero-order chi connectivity index (χ0) is 30.5. The highest BCUT2D eigenvalue weighted by Crippen LogP contribution is 2.43. The highest BCUT2D eigenvalue weighted by molar-refractivity contribution is 6.32. The Bertz CT molecular complexity index is 1710. The fourth-order valence-electron chi connectivity index (χ4n) is 5.19. The molecule has 0 fully saturated rings. The zero-order valence-electron chi connectivity index (χ0n) is 23.3. The van der Waals surface area contributed by atoms with Gasteiger partial charge in [-0.05, 0) is 54.2 Å². The van der Waals surface area contributed by atoms with Crippen molar-refractivity contribution in [2.24, 2.45) is 0 Å². The van der Waals surface area contributed by atoms with Crippen LogP contribution in [0, 0.1) is 24.1 Å². The van der Waals surface area contributed by atoms with Crippen LogP contribution in [0.4, 0.5) is 4.39 Å². The normalized spacial score (nSPS) is 14.5. The van der Waals surface area contributed by atoms with Gasteiger partial charge in [0, 0.05) is 41.7 Å². The predicted molar refractivity (Wildman–Crippen MR) is 158 cm³/mol. The van der Waals surface area contributed by atoms with Crippen molar-refractivity contribution in [3.05, 3.63) is 111 Å². The molecule has 3 N–H and O–H groups in total. The van der Waals surface area contributed by atoms with Crippen molar-refractivity contribution in [1.29, 1.82) is 5.26 Å². The molecule has 0 bridgehead atoms. The quantitative estimate of drug-likeness (QED) is 0.194. The summed E-state index contributed by atoms with van der Waals surface area (Å²) in [6.45, 7) is 1.28. The molecule has 5 rings (SSSR count). The van der Waals surface area contributed by atoms with Gasteiger partial charge in [0.2, 0.25) is 0 Å². The van der Waals surface area contributed by atoms with E-state index < -0.39 is 18.6 Å². The summed E-state index contributed by atoms with van der Waals surface area (Å²) in [4.78, 5) is 15.5. The Balaban J connectivity index is 1.44. The zero-order valence-corrected chi connectivity index (χ0v) is 24.1. The van der Waals surface area contributed by atoms with Crippen molar-refractivity contribution >= 4 is 17.6 Å². The second-order valence-electron chi connectivity index (χ2n) is 10.3. The lowest BCUT2D eigenvalue weighted by Gasteiger charge is -2.20. The molecule has 0 unspecified atom stereocenters. The first-order valence-electron chi connectivity index (χ1n) is 13.7. The molecule has 10 heteroatoms. The van der Waals surface area contributed by atoms with Gasteiger partial charge in [-0.15, -0.1) is 0 Å². The summed E-state index contributed by atoms with van der Waals surface area (Å²) in [6.07, 6.45) is 4.07. The number of rotatable bonds is 11. The summed E-state index contributed by atoms with van der Waals surface area (Å²) in [7, 11) is 0. The van der Waals surface area contributed by atoms with E-state index in [0.29, 0.717) is 57.2 Å². The van der Waals surface area contributed by atoms with Crippen LogP contribution < -0.4 is 14.8 Å². The molecule has 0 amide bonds. The van der Waals surface area contributed by atoms with Crippen molar-refractivity contribution in [3.8, 4) is 28.7 Å². The maximum atomic E-state index is 15.0. The number of nitriles is 1. The number of benzene rings is 3.